The molecule has 6 nitrogen and oxygen atoms in total. The van der Waals surface area contributed by atoms with Gasteiger partial charge >= 0.3 is 5.97 Å². The van der Waals surface area contributed by atoms with Crippen molar-refractivity contribution in [3.05, 3.63) is 59.4 Å². The molecule has 0 aliphatic carbocycles. The summed E-state index contributed by atoms with van der Waals surface area (Å²) in [5.41, 5.74) is 2.25. The standard InChI is InChI=1S/C18H12ClN3O3.ClH/c1-24-18(23)10-5-6-14-13(7-10)15-16(20-9-21-17(15)25-14)22-12-4-2-3-11(19)8-12;/h2-9H,1H3,(H,20,21,22);1H. The lowest BCUT2D eigenvalue weighted by molar-refractivity contribution is 0.0601. The highest BCUT2D eigenvalue weighted by Gasteiger charge is 2.16. The van der Waals surface area contributed by atoms with Crippen molar-refractivity contribution in [3.63, 3.8) is 0 Å². The molecule has 0 saturated heterocycles. The van der Waals surface area contributed by atoms with Crippen molar-refractivity contribution < 1.29 is 13.9 Å². The van der Waals surface area contributed by atoms with Crippen LogP contribution >= 0.6 is 24.0 Å². The van der Waals surface area contributed by atoms with Crippen molar-refractivity contribution in [2.45, 2.75) is 0 Å². The molecule has 0 radical (unpaired) electrons. The molecular formula is C18H13Cl2N3O3. The Bertz CT molecular complexity index is 1110. The van der Waals surface area contributed by atoms with Crippen molar-refractivity contribution in [2.75, 3.05) is 12.4 Å². The van der Waals surface area contributed by atoms with Gasteiger partial charge in [-0.2, -0.15) is 0 Å². The second-order valence-electron chi connectivity index (χ2n) is 5.34. The highest BCUT2D eigenvalue weighted by molar-refractivity contribution is 6.30. The molecule has 0 fully saturated rings. The Morgan fingerprint density at radius 1 is 1.19 bits per heavy atom. The number of halogens is 2. The fourth-order valence-electron chi connectivity index (χ4n) is 2.65. The Balaban J connectivity index is 0.00000196. The molecule has 2 aromatic heterocycles. The summed E-state index contributed by atoms with van der Waals surface area (Å²) < 4.78 is 10.5. The number of fused-ring (bicyclic) bond motifs is 3. The van der Waals surface area contributed by atoms with Crippen LogP contribution in [0.5, 0.6) is 0 Å². The van der Waals surface area contributed by atoms with E-state index in [1.165, 1.54) is 13.4 Å². The van der Waals surface area contributed by atoms with E-state index in [1.54, 1.807) is 30.3 Å². The Labute approximate surface area is 159 Å². The van der Waals surface area contributed by atoms with E-state index < -0.39 is 5.97 Å². The van der Waals surface area contributed by atoms with Gasteiger partial charge in [-0.25, -0.2) is 14.8 Å². The summed E-state index contributed by atoms with van der Waals surface area (Å²) in [7, 11) is 1.34. The van der Waals surface area contributed by atoms with Crippen molar-refractivity contribution in [3.8, 4) is 0 Å². The summed E-state index contributed by atoms with van der Waals surface area (Å²) in [6.07, 6.45) is 1.42. The number of hydrogen-bond acceptors (Lipinski definition) is 6. The number of hydrogen-bond donors (Lipinski definition) is 1. The van der Waals surface area contributed by atoms with E-state index in [0.717, 1.165) is 11.1 Å². The third-order valence-corrected chi connectivity index (χ3v) is 4.01. The zero-order chi connectivity index (χ0) is 17.4. The fraction of sp³-hybridized carbons (Fsp3) is 0.0556. The normalized spacial score (nSPS) is 10.5. The van der Waals surface area contributed by atoms with Crippen LogP contribution in [0.25, 0.3) is 22.1 Å². The lowest BCUT2D eigenvalue weighted by Crippen LogP contribution is -2.00. The molecule has 4 rings (SSSR count). The minimum Gasteiger partial charge on any atom is -0.465 e. The molecule has 2 aromatic carbocycles. The largest absolute Gasteiger partial charge is 0.465 e. The van der Waals surface area contributed by atoms with E-state index in [0.29, 0.717) is 33.1 Å². The number of nitrogens with one attached hydrogen (secondary N) is 1. The van der Waals surface area contributed by atoms with Crippen LogP contribution in [0.4, 0.5) is 11.5 Å². The Hall–Kier alpha value is -2.83. The second kappa shape index (κ2) is 7.19. The van der Waals surface area contributed by atoms with Gasteiger partial charge in [-0.15, -0.1) is 12.4 Å². The molecule has 0 bridgehead atoms. The lowest BCUT2D eigenvalue weighted by Gasteiger charge is -2.06. The number of furan rings is 1. The monoisotopic (exact) mass is 389 g/mol. The van der Waals surface area contributed by atoms with Crippen LogP contribution in [0.15, 0.2) is 53.2 Å². The first-order chi connectivity index (χ1) is 12.2. The van der Waals surface area contributed by atoms with Gasteiger partial charge in [0, 0.05) is 16.1 Å². The van der Waals surface area contributed by atoms with Gasteiger partial charge in [-0.1, -0.05) is 17.7 Å². The number of benzene rings is 2. The number of esters is 1. The molecule has 0 amide bonds. The SMILES string of the molecule is COC(=O)c1ccc2oc3ncnc(Nc4cccc(Cl)c4)c3c2c1.Cl. The summed E-state index contributed by atoms with van der Waals surface area (Å²) in [6, 6.07) is 12.4. The summed E-state index contributed by atoms with van der Waals surface area (Å²) in [4.78, 5) is 20.3. The maximum Gasteiger partial charge on any atom is 0.337 e. The Kier molecular flexibility index (Phi) is 4.97. The molecule has 8 heteroatoms. The number of carbonyl (C=O) groups excluding carboxylic acids is 1. The molecule has 4 aromatic rings. The highest BCUT2D eigenvalue weighted by Crippen LogP contribution is 2.33. The predicted molar refractivity (Wildman–Crippen MR) is 103 cm³/mol. The van der Waals surface area contributed by atoms with Gasteiger partial charge in [0.05, 0.1) is 18.1 Å². The van der Waals surface area contributed by atoms with Gasteiger partial charge in [-0.3, -0.25) is 0 Å². The molecular weight excluding hydrogens is 377 g/mol. The minimum atomic E-state index is -0.419. The molecule has 132 valence electrons. The minimum absolute atomic E-state index is 0. The molecule has 0 atom stereocenters. The van der Waals surface area contributed by atoms with Crippen molar-refractivity contribution in [2.24, 2.45) is 0 Å². The van der Waals surface area contributed by atoms with Gasteiger partial charge in [0.1, 0.15) is 17.7 Å². The smallest absolute Gasteiger partial charge is 0.337 e. The van der Waals surface area contributed by atoms with Gasteiger partial charge in [0.15, 0.2) is 0 Å². The maximum atomic E-state index is 11.8. The number of aromatic nitrogens is 2. The predicted octanol–water partition coefficient (Wildman–Crippen LogP) is 4.98. The molecule has 0 unspecified atom stereocenters. The van der Waals surface area contributed by atoms with Crippen molar-refractivity contribution >= 4 is 63.6 Å². The zero-order valence-corrected chi connectivity index (χ0v) is 15.1. The maximum absolute atomic E-state index is 11.8. The molecule has 0 saturated carbocycles. The van der Waals surface area contributed by atoms with Crippen LogP contribution in [0.3, 0.4) is 0 Å². The topological polar surface area (TPSA) is 77.2 Å². The Morgan fingerprint density at radius 3 is 2.81 bits per heavy atom. The van der Waals surface area contributed by atoms with E-state index in [1.807, 2.05) is 12.1 Å². The second-order valence-corrected chi connectivity index (χ2v) is 5.78. The van der Waals surface area contributed by atoms with E-state index in [2.05, 4.69) is 15.3 Å². The van der Waals surface area contributed by atoms with Gasteiger partial charge < -0.3 is 14.5 Å². The van der Waals surface area contributed by atoms with Crippen LogP contribution < -0.4 is 5.32 Å². The molecule has 1 N–H and O–H groups in total. The van der Waals surface area contributed by atoms with E-state index in [-0.39, 0.29) is 12.4 Å². The van der Waals surface area contributed by atoms with Gasteiger partial charge in [0.2, 0.25) is 5.71 Å². The van der Waals surface area contributed by atoms with E-state index in [9.17, 15) is 4.79 Å². The number of carbonyl (C=O) groups is 1. The molecule has 0 spiro atoms. The number of anilines is 2. The summed E-state index contributed by atoms with van der Waals surface area (Å²) in [5, 5.41) is 5.24. The fourth-order valence-corrected chi connectivity index (χ4v) is 2.84. The molecule has 26 heavy (non-hydrogen) atoms. The van der Waals surface area contributed by atoms with Gasteiger partial charge in [0.25, 0.3) is 0 Å². The van der Waals surface area contributed by atoms with Crippen LogP contribution in [0.2, 0.25) is 5.02 Å². The Morgan fingerprint density at radius 2 is 2.04 bits per heavy atom. The van der Waals surface area contributed by atoms with Crippen molar-refractivity contribution in [1.29, 1.82) is 0 Å². The lowest BCUT2D eigenvalue weighted by atomic mass is 10.1. The summed E-state index contributed by atoms with van der Waals surface area (Å²) in [5.74, 6) is 0.144. The quantitative estimate of drug-likeness (QED) is 0.497. The first-order valence-electron chi connectivity index (χ1n) is 7.44. The van der Waals surface area contributed by atoms with Crippen LogP contribution in [-0.2, 0) is 4.74 Å². The van der Waals surface area contributed by atoms with Crippen LogP contribution in [0, 0.1) is 0 Å². The highest BCUT2D eigenvalue weighted by atomic mass is 35.5. The third-order valence-electron chi connectivity index (χ3n) is 3.78. The number of rotatable bonds is 3. The number of methoxy groups -OCH3 is 1. The van der Waals surface area contributed by atoms with Gasteiger partial charge in [-0.05, 0) is 36.4 Å². The average molecular weight is 390 g/mol. The van der Waals surface area contributed by atoms with E-state index in [4.69, 9.17) is 20.8 Å². The average Bonchev–Trinajstić information content (AvgIpc) is 2.99. The van der Waals surface area contributed by atoms with E-state index >= 15 is 0 Å². The third kappa shape index (κ3) is 3.16. The van der Waals surface area contributed by atoms with Crippen molar-refractivity contribution in [1.82, 2.24) is 9.97 Å². The summed E-state index contributed by atoms with van der Waals surface area (Å²) >= 11 is 6.03. The summed E-state index contributed by atoms with van der Waals surface area (Å²) in [6.45, 7) is 0. The molecule has 2 heterocycles. The first-order valence-corrected chi connectivity index (χ1v) is 7.81. The van der Waals surface area contributed by atoms with Crippen LogP contribution in [0.1, 0.15) is 10.4 Å². The number of nitrogens with zero attached hydrogens (tertiary/aromatic N) is 2. The number of ether oxygens (including phenoxy) is 1. The zero-order valence-electron chi connectivity index (χ0n) is 13.5. The first kappa shape index (κ1) is 18.0. The molecule has 0 aliphatic rings. The molecule has 0 aliphatic heterocycles. The van der Waals surface area contributed by atoms with Crippen LogP contribution in [-0.4, -0.2) is 23.0 Å².